The van der Waals surface area contributed by atoms with Crippen molar-refractivity contribution in [1.29, 1.82) is 0 Å². The Bertz CT molecular complexity index is 825. The lowest BCUT2D eigenvalue weighted by Crippen LogP contribution is -2.08. The lowest BCUT2D eigenvalue weighted by molar-refractivity contribution is 0.107. The minimum atomic E-state index is -0.0682. The number of ketones is 1. The topological polar surface area (TPSA) is 17.1 Å². The molecule has 0 aliphatic carbocycles. The highest BCUT2D eigenvalue weighted by molar-refractivity contribution is 8.24. The highest BCUT2D eigenvalue weighted by Gasteiger charge is 2.12. The lowest BCUT2D eigenvalue weighted by Gasteiger charge is -2.05. The van der Waals surface area contributed by atoms with Gasteiger partial charge in [0, 0.05) is 11.3 Å². The number of carbonyl (C=O) groups is 1. The summed E-state index contributed by atoms with van der Waals surface area (Å²) in [6, 6.07) is 23.8. The lowest BCUT2D eigenvalue weighted by atomic mass is 10.1. The van der Waals surface area contributed by atoms with E-state index in [1.165, 1.54) is 28.1 Å². The van der Waals surface area contributed by atoms with Gasteiger partial charge in [0.2, 0.25) is 5.78 Å². The minimum absolute atomic E-state index is 0.0682. The molecule has 0 N–H and O–H groups in total. The molecule has 0 heterocycles. The molecule has 0 atom stereocenters. The molecule has 0 saturated carbocycles. The van der Waals surface area contributed by atoms with E-state index in [-0.39, 0.29) is 5.78 Å². The molecule has 0 aliphatic heterocycles. The number of fused-ring (bicyclic) bond motifs is 1. The van der Waals surface area contributed by atoms with Crippen LogP contribution in [-0.4, -0.2) is 9.98 Å². The van der Waals surface area contributed by atoms with Crippen molar-refractivity contribution >= 4 is 44.7 Å². The van der Waals surface area contributed by atoms with E-state index in [0.29, 0.717) is 15.5 Å². The van der Waals surface area contributed by atoms with Crippen LogP contribution in [0.25, 0.3) is 10.8 Å². The molecular weight excluding hydrogens is 308 g/mol. The summed E-state index contributed by atoms with van der Waals surface area (Å²) in [6.07, 6.45) is 0. The summed E-state index contributed by atoms with van der Waals surface area (Å²) in [5, 5.41) is 2.43. The fraction of sp³-hybridized carbons (Fsp3) is 0.0526. The Morgan fingerprint density at radius 3 is 2.32 bits per heavy atom. The highest BCUT2D eigenvalue weighted by atomic mass is 32.2. The first-order valence-corrected chi connectivity index (χ1v) is 8.37. The molecule has 0 unspecified atom stereocenters. The third-order valence-corrected chi connectivity index (χ3v) is 4.87. The fourth-order valence-electron chi connectivity index (χ4n) is 2.25. The Kier molecular flexibility index (Phi) is 4.66. The second-order valence-electron chi connectivity index (χ2n) is 4.95. The molecule has 0 aliphatic rings. The van der Waals surface area contributed by atoms with E-state index >= 15 is 0 Å². The molecule has 0 saturated heterocycles. The van der Waals surface area contributed by atoms with Crippen LogP contribution in [0.1, 0.15) is 15.9 Å². The third kappa shape index (κ3) is 3.43. The van der Waals surface area contributed by atoms with Crippen LogP contribution in [0.2, 0.25) is 0 Å². The summed E-state index contributed by atoms with van der Waals surface area (Å²) in [4.78, 5) is 12.2. The fourth-order valence-corrected chi connectivity index (χ4v) is 3.27. The third-order valence-electron chi connectivity index (χ3n) is 3.41. The van der Waals surface area contributed by atoms with Gasteiger partial charge in [-0.3, -0.25) is 4.79 Å². The van der Waals surface area contributed by atoms with Crippen LogP contribution < -0.4 is 0 Å². The first kappa shape index (κ1) is 14.9. The number of carbonyl (C=O) groups excluding carboxylic acids is 1. The van der Waals surface area contributed by atoms with E-state index in [4.69, 9.17) is 12.2 Å². The summed E-state index contributed by atoms with van der Waals surface area (Å²) < 4.78 is 0.416. The van der Waals surface area contributed by atoms with Gasteiger partial charge in [-0.05, 0) is 16.3 Å². The summed E-state index contributed by atoms with van der Waals surface area (Å²) in [5.41, 5.74) is 1.82. The van der Waals surface area contributed by atoms with Gasteiger partial charge in [-0.1, -0.05) is 85.0 Å². The first-order chi connectivity index (χ1) is 10.7. The highest BCUT2D eigenvalue weighted by Crippen LogP contribution is 2.21. The number of rotatable bonds is 4. The van der Waals surface area contributed by atoms with Crippen molar-refractivity contribution in [3.05, 3.63) is 83.9 Å². The Balaban J connectivity index is 1.68. The van der Waals surface area contributed by atoms with Crippen molar-refractivity contribution in [3.63, 3.8) is 0 Å². The molecule has 3 heteroatoms. The molecule has 0 spiro atoms. The quantitative estimate of drug-likeness (QED) is 0.480. The molecule has 108 valence electrons. The predicted octanol–water partition coefficient (Wildman–Crippen LogP) is 5.28. The van der Waals surface area contributed by atoms with Crippen LogP contribution in [0.4, 0.5) is 0 Å². The monoisotopic (exact) mass is 322 g/mol. The normalized spacial score (nSPS) is 10.5. The second-order valence-corrected chi connectivity index (χ2v) is 6.61. The zero-order valence-electron chi connectivity index (χ0n) is 11.9. The Morgan fingerprint density at radius 2 is 1.55 bits per heavy atom. The zero-order valence-corrected chi connectivity index (χ0v) is 13.5. The predicted molar refractivity (Wildman–Crippen MR) is 98.6 cm³/mol. The van der Waals surface area contributed by atoms with E-state index in [2.05, 4.69) is 30.3 Å². The summed E-state index contributed by atoms with van der Waals surface area (Å²) in [7, 11) is 0. The van der Waals surface area contributed by atoms with Crippen LogP contribution >= 0.6 is 24.0 Å². The van der Waals surface area contributed by atoms with Crippen LogP contribution in [0.15, 0.2) is 72.8 Å². The van der Waals surface area contributed by atoms with Crippen molar-refractivity contribution in [1.82, 2.24) is 0 Å². The SMILES string of the molecule is O=C(C(=S)SCc1ccc2ccccc2c1)c1ccccc1. The van der Waals surface area contributed by atoms with Gasteiger partial charge >= 0.3 is 0 Å². The molecule has 0 radical (unpaired) electrons. The molecule has 22 heavy (non-hydrogen) atoms. The molecule has 3 rings (SSSR count). The van der Waals surface area contributed by atoms with Crippen molar-refractivity contribution in [2.24, 2.45) is 0 Å². The van der Waals surface area contributed by atoms with Crippen molar-refractivity contribution < 1.29 is 4.79 Å². The van der Waals surface area contributed by atoms with Crippen LogP contribution in [0.5, 0.6) is 0 Å². The molecule has 3 aromatic rings. The van der Waals surface area contributed by atoms with Crippen LogP contribution in [0.3, 0.4) is 0 Å². The number of hydrogen-bond acceptors (Lipinski definition) is 3. The summed E-state index contributed by atoms with van der Waals surface area (Å²) in [5.74, 6) is 0.642. The maximum Gasteiger partial charge on any atom is 0.210 e. The average Bonchev–Trinajstić information content (AvgIpc) is 2.59. The van der Waals surface area contributed by atoms with Gasteiger partial charge in [0.05, 0.1) is 0 Å². The Hall–Kier alpha value is -1.97. The largest absolute Gasteiger partial charge is 0.287 e. The van der Waals surface area contributed by atoms with E-state index in [0.717, 1.165) is 0 Å². The summed E-state index contributed by atoms with van der Waals surface area (Å²) in [6.45, 7) is 0. The van der Waals surface area contributed by atoms with Gasteiger partial charge in [-0.15, -0.1) is 11.8 Å². The van der Waals surface area contributed by atoms with E-state index in [1.807, 2.05) is 30.3 Å². The van der Waals surface area contributed by atoms with Gasteiger partial charge in [0.15, 0.2) is 0 Å². The zero-order chi connectivity index (χ0) is 15.4. The molecular formula is C19H14OS2. The van der Waals surface area contributed by atoms with Crippen LogP contribution in [-0.2, 0) is 5.75 Å². The first-order valence-electron chi connectivity index (χ1n) is 6.98. The van der Waals surface area contributed by atoms with Crippen molar-refractivity contribution in [3.8, 4) is 0 Å². The maximum absolute atomic E-state index is 12.2. The molecule has 1 nitrogen and oxygen atoms in total. The molecule has 0 aromatic heterocycles. The van der Waals surface area contributed by atoms with Crippen LogP contribution in [0, 0.1) is 0 Å². The van der Waals surface area contributed by atoms with Gasteiger partial charge in [-0.25, -0.2) is 0 Å². The van der Waals surface area contributed by atoms with Gasteiger partial charge in [-0.2, -0.15) is 0 Å². The van der Waals surface area contributed by atoms with Gasteiger partial charge in [0.25, 0.3) is 0 Å². The molecule has 0 fully saturated rings. The van der Waals surface area contributed by atoms with Crippen molar-refractivity contribution in [2.75, 3.05) is 0 Å². The van der Waals surface area contributed by atoms with E-state index in [1.54, 1.807) is 12.1 Å². The standard InChI is InChI=1S/C19H14OS2/c20-18(16-7-2-1-3-8-16)19(21)22-13-14-10-11-15-6-4-5-9-17(15)12-14/h1-12H,13H2. The Morgan fingerprint density at radius 1 is 0.864 bits per heavy atom. The molecule has 0 bridgehead atoms. The molecule has 3 aromatic carbocycles. The number of hydrogen-bond donors (Lipinski definition) is 0. The number of benzene rings is 3. The van der Waals surface area contributed by atoms with Gasteiger partial charge < -0.3 is 0 Å². The number of thiocarbonyl (C=S) groups is 1. The number of Topliss-reactive ketones (excluding diaryl/α,β-unsaturated/α-hetero) is 1. The van der Waals surface area contributed by atoms with Crippen molar-refractivity contribution in [2.45, 2.75) is 5.75 Å². The minimum Gasteiger partial charge on any atom is -0.287 e. The van der Waals surface area contributed by atoms with E-state index in [9.17, 15) is 4.79 Å². The molecule has 0 amide bonds. The summed E-state index contributed by atoms with van der Waals surface area (Å²) >= 11 is 6.69. The smallest absolute Gasteiger partial charge is 0.210 e. The maximum atomic E-state index is 12.2. The van der Waals surface area contributed by atoms with Gasteiger partial charge in [0.1, 0.15) is 4.20 Å². The number of thioether (sulfide) groups is 1. The van der Waals surface area contributed by atoms with E-state index < -0.39 is 0 Å². The second kappa shape index (κ2) is 6.86. The Labute approximate surface area is 139 Å². The average molecular weight is 322 g/mol.